The van der Waals surface area contributed by atoms with Crippen LogP contribution < -0.4 is 5.32 Å². The average Bonchev–Trinajstić information content (AvgIpc) is 3.00. The van der Waals surface area contributed by atoms with Crippen molar-refractivity contribution in [3.63, 3.8) is 0 Å². The number of carboxylic acid groups (broad SMARTS) is 1. The molecule has 1 aromatic heterocycles. The summed E-state index contributed by atoms with van der Waals surface area (Å²) < 4.78 is 0. The van der Waals surface area contributed by atoms with E-state index in [-0.39, 0.29) is 5.56 Å². The minimum atomic E-state index is -0.948. The highest BCUT2D eigenvalue weighted by atomic mass is 16.4. The Kier molecular flexibility index (Phi) is 4.01. The lowest BCUT2D eigenvalue weighted by Gasteiger charge is -2.16. The van der Waals surface area contributed by atoms with Crippen molar-refractivity contribution in [2.45, 2.75) is 12.8 Å². The van der Waals surface area contributed by atoms with Crippen molar-refractivity contribution in [3.8, 4) is 0 Å². The van der Waals surface area contributed by atoms with Gasteiger partial charge in [-0.05, 0) is 44.1 Å². The van der Waals surface area contributed by atoms with E-state index in [1.807, 2.05) is 18.2 Å². The fraction of sp³-hybridized carbons (Fsp3) is 0.375. The lowest BCUT2D eigenvalue weighted by Crippen LogP contribution is -2.25. The topological polar surface area (TPSA) is 65.5 Å². The molecule has 0 unspecified atom stereocenters. The molecule has 1 saturated heterocycles. The van der Waals surface area contributed by atoms with Crippen LogP contribution >= 0.6 is 0 Å². The molecule has 21 heavy (non-hydrogen) atoms. The van der Waals surface area contributed by atoms with E-state index in [9.17, 15) is 4.79 Å². The highest BCUT2D eigenvalue weighted by Gasteiger charge is 2.11. The zero-order valence-electron chi connectivity index (χ0n) is 11.9. The number of aromatic carboxylic acids is 1. The van der Waals surface area contributed by atoms with Crippen LogP contribution in [0.1, 0.15) is 23.2 Å². The number of anilines is 1. The van der Waals surface area contributed by atoms with Gasteiger partial charge in [-0.2, -0.15) is 0 Å². The highest BCUT2D eigenvalue weighted by molar-refractivity contribution is 5.97. The molecule has 0 atom stereocenters. The first-order valence-electron chi connectivity index (χ1n) is 7.32. The monoisotopic (exact) mass is 285 g/mol. The van der Waals surface area contributed by atoms with Gasteiger partial charge < -0.3 is 15.3 Å². The summed E-state index contributed by atoms with van der Waals surface area (Å²) in [6.07, 6.45) is 3.99. The van der Waals surface area contributed by atoms with E-state index in [0.717, 1.165) is 29.7 Å². The summed E-state index contributed by atoms with van der Waals surface area (Å²) in [6.45, 7) is 4.24. The first-order chi connectivity index (χ1) is 10.2. The van der Waals surface area contributed by atoms with E-state index >= 15 is 0 Å². The Morgan fingerprint density at radius 3 is 2.90 bits per heavy atom. The third kappa shape index (κ3) is 3.13. The van der Waals surface area contributed by atoms with Gasteiger partial charge in [-0.15, -0.1) is 0 Å². The van der Waals surface area contributed by atoms with Crippen molar-refractivity contribution in [1.29, 1.82) is 0 Å². The number of nitrogens with zero attached hydrogens (tertiary/aromatic N) is 2. The van der Waals surface area contributed by atoms with Gasteiger partial charge in [0.1, 0.15) is 0 Å². The van der Waals surface area contributed by atoms with Gasteiger partial charge in [-0.25, -0.2) is 4.79 Å². The van der Waals surface area contributed by atoms with E-state index in [1.165, 1.54) is 32.1 Å². The van der Waals surface area contributed by atoms with Crippen LogP contribution in [0, 0.1) is 0 Å². The van der Waals surface area contributed by atoms with Crippen molar-refractivity contribution in [3.05, 3.63) is 36.0 Å². The average molecular weight is 285 g/mol. The molecule has 0 spiro atoms. The second kappa shape index (κ2) is 6.10. The molecule has 2 N–H and O–H groups in total. The number of aromatic nitrogens is 1. The van der Waals surface area contributed by atoms with Gasteiger partial charge in [0, 0.05) is 30.4 Å². The summed E-state index contributed by atoms with van der Waals surface area (Å²) in [6, 6.07) is 7.49. The first-order valence-corrected chi connectivity index (χ1v) is 7.32. The van der Waals surface area contributed by atoms with Gasteiger partial charge in [-0.3, -0.25) is 4.98 Å². The molecule has 0 saturated carbocycles. The van der Waals surface area contributed by atoms with Gasteiger partial charge in [0.15, 0.2) is 0 Å². The van der Waals surface area contributed by atoms with Crippen LogP contribution in [0.2, 0.25) is 0 Å². The van der Waals surface area contributed by atoms with Crippen LogP contribution in [0.5, 0.6) is 0 Å². The molecule has 3 rings (SSSR count). The minimum absolute atomic E-state index is 0.219. The molecule has 0 aliphatic carbocycles. The minimum Gasteiger partial charge on any atom is -0.478 e. The molecule has 2 aromatic rings. The molecule has 1 aliphatic rings. The van der Waals surface area contributed by atoms with E-state index in [0.29, 0.717) is 0 Å². The van der Waals surface area contributed by atoms with Crippen molar-refractivity contribution in [2.24, 2.45) is 0 Å². The van der Waals surface area contributed by atoms with E-state index < -0.39 is 5.97 Å². The Balaban J connectivity index is 1.76. The maximum Gasteiger partial charge on any atom is 0.337 e. The van der Waals surface area contributed by atoms with Crippen LogP contribution in [-0.4, -0.2) is 47.1 Å². The van der Waals surface area contributed by atoms with Gasteiger partial charge in [0.2, 0.25) is 0 Å². The normalized spacial score (nSPS) is 15.4. The number of nitrogens with one attached hydrogen (secondary N) is 1. The van der Waals surface area contributed by atoms with E-state index in [2.05, 4.69) is 15.2 Å². The van der Waals surface area contributed by atoms with Crippen LogP contribution in [-0.2, 0) is 0 Å². The van der Waals surface area contributed by atoms with E-state index in [4.69, 9.17) is 5.11 Å². The third-order valence-electron chi connectivity index (χ3n) is 3.91. The Morgan fingerprint density at radius 1 is 1.33 bits per heavy atom. The van der Waals surface area contributed by atoms with Crippen LogP contribution in [0.3, 0.4) is 0 Å². The van der Waals surface area contributed by atoms with Crippen molar-refractivity contribution < 1.29 is 9.90 Å². The summed E-state index contributed by atoms with van der Waals surface area (Å²) in [5.74, 6) is -0.948. The summed E-state index contributed by atoms with van der Waals surface area (Å²) in [5, 5.41) is 13.4. The summed E-state index contributed by atoms with van der Waals surface area (Å²) in [5.41, 5.74) is 1.98. The fourth-order valence-electron chi connectivity index (χ4n) is 2.78. The van der Waals surface area contributed by atoms with Crippen molar-refractivity contribution in [2.75, 3.05) is 31.5 Å². The molecule has 2 heterocycles. The van der Waals surface area contributed by atoms with E-state index in [1.54, 1.807) is 6.07 Å². The molecule has 0 radical (unpaired) electrons. The maximum absolute atomic E-state index is 11.1. The predicted octanol–water partition coefficient (Wildman–Crippen LogP) is 2.44. The standard InChI is InChI=1S/C16H19N3O2/c20-16(21)12-10-13-14(4-3-5-15(13)18-11-12)17-6-9-19-7-1-2-8-19/h3-5,10-11,17H,1-2,6-9H2,(H,20,21). The number of fused-ring (bicyclic) bond motifs is 1. The van der Waals surface area contributed by atoms with Gasteiger partial charge in [0.25, 0.3) is 0 Å². The number of likely N-dealkylation sites (tertiary alicyclic amines) is 1. The van der Waals surface area contributed by atoms with Gasteiger partial charge in [-0.1, -0.05) is 6.07 Å². The van der Waals surface area contributed by atoms with Crippen LogP contribution in [0.15, 0.2) is 30.5 Å². The molecule has 1 aromatic carbocycles. The largest absolute Gasteiger partial charge is 0.478 e. The molecule has 1 aliphatic heterocycles. The lowest BCUT2D eigenvalue weighted by molar-refractivity contribution is 0.0696. The number of carboxylic acids is 1. The van der Waals surface area contributed by atoms with Crippen molar-refractivity contribution >= 4 is 22.6 Å². The number of carbonyl (C=O) groups is 1. The molecule has 5 heteroatoms. The number of rotatable bonds is 5. The Hall–Kier alpha value is -2.14. The van der Waals surface area contributed by atoms with Crippen LogP contribution in [0.25, 0.3) is 10.9 Å². The maximum atomic E-state index is 11.1. The fourth-order valence-corrected chi connectivity index (χ4v) is 2.78. The SMILES string of the molecule is O=C(O)c1cnc2cccc(NCCN3CCCC3)c2c1. The second-order valence-corrected chi connectivity index (χ2v) is 5.38. The Labute approximate surface area is 123 Å². The zero-order chi connectivity index (χ0) is 14.7. The first kappa shape index (κ1) is 13.8. The second-order valence-electron chi connectivity index (χ2n) is 5.38. The molecular formula is C16H19N3O2. The molecule has 110 valence electrons. The number of pyridine rings is 1. The summed E-state index contributed by atoms with van der Waals surface area (Å²) in [4.78, 5) is 17.7. The molecule has 5 nitrogen and oxygen atoms in total. The summed E-state index contributed by atoms with van der Waals surface area (Å²) >= 11 is 0. The predicted molar refractivity (Wildman–Crippen MR) is 82.9 cm³/mol. The number of benzene rings is 1. The molecule has 0 amide bonds. The lowest BCUT2D eigenvalue weighted by atomic mass is 10.1. The molecular weight excluding hydrogens is 266 g/mol. The van der Waals surface area contributed by atoms with Gasteiger partial charge >= 0.3 is 5.97 Å². The highest BCUT2D eigenvalue weighted by Crippen LogP contribution is 2.22. The van der Waals surface area contributed by atoms with Crippen molar-refractivity contribution in [1.82, 2.24) is 9.88 Å². The summed E-state index contributed by atoms with van der Waals surface area (Å²) in [7, 11) is 0. The zero-order valence-corrected chi connectivity index (χ0v) is 11.9. The number of hydrogen-bond donors (Lipinski definition) is 2. The van der Waals surface area contributed by atoms with Crippen LogP contribution in [0.4, 0.5) is 5.69 Å². The third-order valence-corrected chi connectivity index (χ3v) is 3.91. The van der Waals surface area contributed by atoms with Gasteiger partial charge in [0.05, 0.1) is 11.1 Å². The smallest absolute Gasteiger partial charge is 0.337 e. The molecule has 1 fully saturated rings. The molecule has 0 bridgehead atoms. The number of hydrogen-bond acceptors (Lipinski definition) is 4. The quantitative estimate of drug-likeness (QED) is 0.883. The Bertz CT molecular complexity index is 651. The Morgan fingerprint density at radius 2 is 2.14 bits per heavy atom.